The van der Waals surface area contributed by atoms with Crippen molar-refractivity contribution in [1.29, 1.82) is 0 Å². The van der Waals surface area contributed by atoms with Crippen molar-refractivity contribution in [2.45, 2.75) is 55.4 Å². The fraction of sp³-hybridized carbons (Fsp3) is 0.448. The zero-order valence-corrected chi connectivity index (χ0v) is 23.9. The molecule has 0 spiro atoms. The molecule has 7 nitrogen and oxygen atoms in total. The van der Waals surface area contributed by atoms with Gasteiger partial charge in [-0.25, -0.2) is 8.42 Å². The van der Waals surface area contributed by atoms with Crippen LogP contribution in [0.15, 0.2) is 47.4 Å². The van der Waals surface area contributed by atoms with E-state index in [0.717, 1.165) is 37.6 Å². The lowest BCUT2D eigenvalue weighted by Crippen LogP contribution is -2.34. The topological polar surface area (TPSA) is 75.6 Å². The van der Waals surface area contributed by atoms with E-state index in [2.05, 4.69) is 22.5 Å². The lowest BCUT2D eigenvalue weighted by Gasteiger charge is -2.29. The second kappa shape index (κ2) is 12.0. The van der Waals surface area contributed by atoms with Gasteiger partial charge in [0.2, 0.25) is 0 Å². The Morgan fingerprint density at radius 3 is 2.40 bits per heavy atom. The molecule has 2 aromatic carbocycles. The Morgan fingerprint density at radius 2 is 1.77 bits per heavy atom. The largest absolute Gasteiger partial charge is 0.479 e. The van der Waals surface area contributed by atoms with Crippen LogP contribution < -0.4 is 20.3 Å². The molecule has 0 radical (unpaired) electrons. The number of ether oxygens (including phenoxy) is 1. The molecule has 4 rings (SSSR count). The van der Waals surface area contributed by atoms with Crippen LogP contribution in [0, 0.1) is 11.8 Å². The first-order chi connectivity index (χ1) is 18.9. The molecule has 1 saturated carbocycles. The number of sulfone groups is 1. The normalized spacial score (nSPS) is 17.8. The lowest BCUT2D eigenvalue weighted by molar-refractivity contribution is -0.140. The fourth-order valence-corrected chi connectivity index (χ4v) is 5.69. The highest BCUT2D eigenvalue weighted by atomic mass is 32.2. The fourth-order valence-electron chi connectivity index (χ4n) is 5.05. The molecule has 0 atom stereocenters. The van der Waals surface area contributed by atoms with E-state index in [1.165, 1.54) is 16.7 Å². The number of nitrogens with zero attached hydrogens (tertiary/aromatic N) is 2. The second-order valence-electron chi connectivity index (χ2n) is 10.3. The van der Waals surface area contributed by atoms with Crippen molar-refractivity contribution >= 4 is 32.1 Å². The van der Waals surface area contributed by atoms with Crippen molar-refractivity contribution in [3.05, 3.63) is 48.2 Å². The third kappa shape index (κ3) is 7.23. The monoisotopic (exact) mass is 576 g/mol. The van der Waals surface area contributed by atoms with Crippen LogP contribution in [-0.4, -0.2) is 65.3 Å². The van der Waals surface area contributed by atoms with E-state index in [1.54, 1.807) is 43.3 Å². The third-order valence-electron chi connectivity index (χ3n) is 7.13. The van der Waals surface area contributed by atoms with Crippen molar-refractivity contribution in [2.75, 3.05) is 44.2 Å². The average molecular weight is 577 g/mol. The predicted octanol–water partition coefficient (Wildman–Crippen LogP) is 5.05. The van der Waals surface area contributed by atoms with Crippen molar-refractivity contribution < 1.29 is 26.3 Å². The van der Waals surface area contributed by atoms with Gasteiger partial charge in [0, 0.05) is 43.5 Å². The number of benzene rings is 2. The molecule has 1 fully saturated rings. The summed E-state index contributed by atoms with van der Waals surface area (Å²) in [6, 6.07) is 12.3. The zero-order valence-electron chi connectivity index (χ0n) is 23.1. The van der Waals surface area contributed by atoms with Crippen molar-refractivity contribution in [3.63, 3.8) is 0 Å². The standard InChI is InChI=1S/C29H35F3N4O3S/c1-33-20-10-12-21(13-11-20)34-25-8-5-9-26-24(25)17-22(36(26)19-29(30,31)32)7-6-16-39-28-15-14-23(40(4,37)38)18-27(28)35(2)3/h5,8-9,14-15,17-18,20-21,33-34H,10-13,16,19H2,1-4H3. The van der Waals surface area contributed by atoms with Crippen molar-refractivity contribution in [1.82, 2.24) is 9.88 Å². The number of anilines is 2. The van der Waals surface area contributed by atoms with Gasteiger partial charge in [0.15, 0.2) is 9.84 Å². The maximum absolute atomic E-state index is 13.6. The molecule has 2 N–H and O–H groups in total. The smallest absolute Gasteiger partial charge is 0.406 e. The Balaban J connectivity index is 1.59. The van der Waals surface area contributed by atoms with Gasteiger partial charge in [0.1, 0.15) is 18.9 Å². The Hall–Kier alpha value is -3.36. The summed E-state index contributed by atoms with van der Waals surface area (Å²) in [6.07, 6.45) is 0.758. The summed E-state index contributed by atoms with van der Waals surface area (Å²) in [5.74, 6) is 6.12. The molecule has 1 aromatic heterocycles. The van der Waals surface area contributed by atoms with Gasteiger partial charge in [-0.05, 0) is 75.0 Å². The summed E-state index contributed by atoms with van der Waals surface area (Å²) in [4.78, 5) is 1.88. The first-order valence-electron chi connectivity index (χ1n) is 13.1. The number of rotatable bonds is 8. The van der Waals surface area contributed by atoms with Gasteiger partial charge in [-0.1, -0.05) is 12.0 Å². The van der Waals surface area contributed by atoms with Gasteiger partial charge >= 0.3 is 6.18 Å². The van der Waals surface area contributed by atoms with Gasteiger partial charge in [0.25, 0.3) is 0 Å². The van der Waals surface area contributed by atoms with Crippen LogP contribution >= 0.6 is 0 Å². The molecule has 0 bridgehead atoms. The van der Waals surface area contributed by atoms with Gasteiger partial charge in [0.05, 0.1) is 21.8 Å². The minimum atomic E-state index is -4.42. The van der Waals surface area contributed by atoms with E-state index in [4.69, 9.17) is 4.74 Å². The molecule has 1 heterocycles. The van der Waals surface area contributed by atoms with E-state index >= 15 is 0 Å². The molecule has 0 amide bonds. The van der Waals surface area contributed by atoms with Gasteiger partial charge in [-0.3, -0.25) is 0 Å². The summed E-state index contributed by atoms with van der Waals surface area (Å²) in [5.41, 5.74) is 2.05. The van der Waals surface area contributed by atoms with Crippen LogP contribution in [0.5, 0.6) is 5.75 Å². The second-order valence-corrected chi connectivity index (χ2v) is 12.4. The molecule has 0 saturated heterocycles. The number of hydrogen-bond donors (Lipinski definition) is 2. The SMILES string of the molecule is CNC1CCC(Nc2cccc3c2cc(C#CCOc2ccc(S(C)(=O)=O)cc2N(C)C)n3CC(F)(F)F)CC1. The first kappa shape index (κ1) is 29.6. The number of halogens is 3. The Kier molecular flexibility index (Phi) is 8.90. The molecule has 1 aliphatic rings. The summed E-state index contributed by atoms with van der Waals surface area (Å²) >= 11 is 0. The highest BCUT2D eigenvalue weighted by Gasteiger charge is 2.30. The molecule has 11 heteroatoms. The molecule has 40 heavy (non-hydrogen) atoms. The summed E-state index contributed by atoms with van der Waals surface area (Å²) in [6.45, 7) is -1.25. The van der Waals surface area contributed by atoms with Crippen LogP contribution in [0.4, 0.5) is 24.5 Å². The predicted molar refractivity (Wildman–Crippen MR) is 153 cm³/mol. The summed E-state index contributed by atoms with van der Waals surface area (Å²) < 4.78 is 71.5. The number of nitrogens with one attached hydrogen (secondary N) is 2. The van der Waals surface area contributed by atoms with E-state index < -0.39 is 22.6 Å². The lowest BCUT2D eigenvalue weighted by atomic mass is 9.91. The molecular weight excluding hydrogens is 541 g/mol. The average Bonchev–Trinajstić information content (AvgIpc) is 3.23. The molecule has 0 unspecified atom stereocenters. The number of aromatic nitrogens is 1. The highest BCUT2D eigenvalue weighted by molar-refractivity contribution is 7.90. The number of hydrogen-bond acceptors (Lipinski definition) is 6. The quantitative estimate of drug-likeness (QED) is 0.366. The third-order valence-corrected chi connectivity index (χ3v) is 8.25. The maximum atomic E-state index is 13.6. The van der Waals surface area contributed by atoms with Gasteiger partial charge in [-0.15, -0.1) is 0 Å². The van der Waals surface area contributed by atoms with Crippen LogP contribution in [-0.2, 0) is 16.4 Å². The summed E-state index contributed by atoms with van der Waals surface area (Å²) in [7, 11) is 2.08. The first-order valence-corrected chi connectivity index (χ1v) is 15.0. The van der Waals surface area contributed by atoms with E-state index in [-0.39, 0.29) is 23.2 Å². The van der Waals surface area contributed by atoms with Gasteiger partial charge in [-0.2, -0.15) is 13.2 Å². The van der Waals surface area contributed by atoms with Crippen LogP contribution in [0.3, 0.4) is 0 Å². The molecular formula is C29H35F3N4O3S. The Labute approximate surface area is 233 Å². The zero-order chi connectivity index (χ0) is 29.1. The van der Waals surface area contributed by atoms with Crippen LogP contribution in [0.1, 0.15) is 31.4 Å². The van der Waals surface area contributed by atoms with E-state index in [9.17, 15) is 21.6 Å². The number of alkyl halides is 3. The molecule has 1 aliphatic carbocycles. The van der Waals surface area contributed by atoms with E-state index in [1.807, 2.05) is 13.1 Å². The van der Waals surface area contributed by atoms with Crippen molar-refractivity contribution in [2.24, 2.45) is 0 Å². The molecule has 3 aromatic rings. The molecule has 0 aliphatic heterocycles. The molecule has 216 valence electrons. The Bertz CT molecular complexity index is 1510. The highest BCUT2D eigenvalue weighted by Crippen LogP contribution is 2.33. The minimum absolute atomic E-state index is 0.0909. The van der Waals surface area contributed by atoms with Crippen molar-refractivity contribution in [3.8, 4) is 17.6 Å². The van der Waals surface area contributed by atoms with Gasteiger partial charge < -0.3 is 24.8 Å². The minimum Gasteiger partial charge on any atom is -0.479 e. The van der Waals surface area contributed by atoms with Crippen LogP contribution in [0.25, 0.3) is 10.9 Å². The Morgan fingerprint density at radius 1 is 1.07 bits per heavy atom. The maximum Gasteiger partial charge on any atom is 0.406 e. The van der Waals surface area contributed by atoms with E-state index in [0.29, 0.717) is 28.4 Å². The van der Waals surface area contributed by atoms with Crippen LogP contribution in [0.2, 0.25) is 0 Å². The summed E-state index contributed by atoms with van der Waals surface area (Å²) in [5, 5.41) is 7.56. The number of fused-ring (bicyclic) bond motifs is 1.